The highest BCUT2D eigenvalue weighted by Gasteiger charge is 2.13. The minimum atomic E-state index is -0.235. The number of carbonyl (C=O) groups is 1. The van der Waals surface area contributed by atoms with Crippen molar-refractivity contribution in [3.63, 3.8) is 0 Å². The number of anilines is 2. The van der Waals surface area contributed by atoms with Crippen LogP contribution >= 0.6 is 63.7 Å². The molecule has 3 N–H and O–H groups in total. The van der Waals surface area contributed by atoms with Crippen molar-refractivity contribution in [1.82, 2.24) is 0 Å². The lowest BCUT2D eigenvalue weighted by Crippen LogP contribution is -2.13. The average Bonchev–Trinajstić information content (AvgIpc) is 2.32. The molecular formula is C13H8Br4N2O. The number of hydrogen-bond acceptors (Lipinski definition) is 2. The third kappa shape index (κ3) is 3.84. The van der Waals surface area contributed by atoms with E-state index < -0.39 is 0 Å². The molecule has 7 heteroatoms. The molecule has 0 radical (unpaired) electrons. The molecule has 0 heterocycles. The van der Waals surface area contributed by atoms with Gasteiger partial charge in [0, 0.05) is 29.1 Å². The molecule has 3 nitrogen and oxygen atoms in total. The van der Waals surface area contributed by atoms with E-state index in [9.17, 15) is 4.79 Å². The third-order valence-corrected chi connectivity index (χ3v) is 4.59. The SMILES string of the molecule is Nc1cc(Br)cc(C(=O)Nc2c(Br)cc(Br)cc2Br)c1. The van der Waals surface area contributed by atoms with Gasteiger partial charge in [-0.15, -0.1) is 0 Å². The van der Waals surface area contributed by atoms with Crippen molar-refractivity contribution in [2.45, 2.75) is 0 Å². The summed E-state index contributed by atoms with van der Waals surface area (Å²) in [6.07, 6.45) is 0. The number of nitrogen functional groups attached to an aromatic ring is 1. The van der Waals surface area contributed by atoms with Gasteiger partial charge in [0.15, 0.2) is 0 Å². The van der Waals surface area contributed by atoms with E-state index >= 15 is 0 Å². The Hall–Kier alpha value is -0.370. The van der Waals surface area contributed by atoms with Gasteiger partial charge in [0.05, 0.1) is 5.69 Å². The Morgan fingerprint density at radius 1 is 0.900 bits per heavy atom. The van der Waals surface area contributed by atoms with Crippen LogP contribution in [0.15, 0.2) is 48.2 Å². The molecule has 0 aliphatic carbocycles. The van der Waals surface area contributed by atoms with E-state index in [0.29, 0.717) is 16.9 Å². The predicted molar refractivity (Wildman–Crippen MR) is 96.0 cm³/mol. The standard InChI is InChI=1S/C13H8Br4N2O/c14-7-1-6(2-9(18)3-7)13(20)19-12-10(16)4-8(15)5-11(12)17/h1-5H,18H2,(H,19,20). The minimum absolute atomic E-state index is 0.235. The second-order valence-corrected chi connectivity index (χ2v) is 7.51. The molecule has 2 aromatic rings. The summed E-state index contributed by atoms with van der Waals surface area (Å²) in [5.41, 5.74) is 7.41. The van der Waals surface area contributed by atoms with Crippen molar-refractivity contribution in [2.75, 3.05) is 11.1 Å². The lowest BCUT2D eigenvalue weighted by Gasteiger charge is -2.11. The Bertz CT molecular complexity index is 645. The topological polar surface area (TPSA) is 55.1 Å². The Balaban J connectivity index is 2.32. The van der Waals surface area contributed by atoms with Crippen LogP contribution in [0.25, 0.3) is 0 Å². The molecule has 0 saturated heterocycles. The number of amides is 1. The summed E-state index contributed by atoms with van der Waals surface area (Å²) in [4.78, 5) is 12.3. The Morgan fingerprint density at radius 3 is 2.00 bits per heavy atom. The second kappa shape index (κ2) is 6.60. The number of rotatable bonds is 2. The van der Waals surface area contributed by atoms with E-state index in [1.165, 1.54) is 0 Å². The van der Waals surface area contributed by atoms with Crippen molar-refractivity contribution in [1.29, 1.82) is 0 Å². The number of benzene rings is 2. The first-order chi connectivity index (χ1) is 9.36. The van der Waals surface area contributed by atoms with Gasteiger partial charge in [-0.05, 0) is 62.2 Å². The average molecular weight is 528 g/mol. The third-order valence-electron chi connectivity index (χ3n) is 2.43. The van der Waals surface area contributed by atoms with E-state index in [0.717, 1.165) is 17.9 Å². The zero-order valence-corrected chi connectivity index (χ0v) is 16.2. The first kappa shape index (κ1) is 16.0. The van der Waals surface area contributed by atoms with Crippen LogP contribution in [-0.2, 0) is 0 Å². The maximum Gasteiger partial charge on any atom is 0.255 e. The van der Waals surface area contributed by atoms with Gasteiger partial charge in [0.25, 0.3) is 5.91 Å². The fourth-order valence-electron chi connectivity index (χ4n) is 1.59. The summed E-state index contributed by atoms with van der Waals surface area (Å²) in [5, 5.41) is 2.85. The van der Waals surface area contributed by atoms with Crippen LogP contribution in [0.2, 0.25) is 0 Å². The van der Waals surface area contributed by atoms with Crippen LogP contribution < -0.4 is 11.1 Å². The molecule has 2 rings (SSSR count). The Kier molecular flexibility index (Phi) is 5.28. The number of carbonyl (C=O) groups excluding carboxylic acids is 1. The lowest BCUT2D eigenvalue weighted by atomic mass is 10.2. The van der Waals surface area contributed by atoms with E-state index in [4.69, 9.17) is 5.73 Å². The van der Waals surface area contributed by atoms with Gasteiger partial charge in [0.1, 0.15) is 0 Å². The molecule has 0 atom stereocenters. The van der Waals surface area contributed by atoms with Crippen LogP contribution in [0.5, 0.6) is 0 Å². The monoisotopic (exact) mass is 524 g/mol. The van der Waals surface area contributed by atoms with Crippen LogP contribution in [0, 0.1) is 0 Å². The lowest BCUT2D eigenvalue weighted by molar-refractivity contribution is 0.102. The van der Waals surface area contributed by atoms with Gasteiger partial charge in [-0.3, -0.25) is 4.79 Å². The van der Waals surface area contributed by atoms with Gasteiger partial charge in [-0.1, -0.05) is 31.9 Å². The molecule has 0 spiro atoms. The summed E-state index contributed by atoms with van der Waals surface area (Å²) < 4.78 is 3.21. The smallest absolute Gasteiger partial charge is 0.255 e. The van der Waals surface area contributed by atoms with E-state index in [1.54, 1.807) is 18.2 Å². The number of halogens is 4. The van der Waals surface area contributed by atoms with Crippen molar-refractivity contribution >= 4 is 81.0 Å². The summed E-state index contributed by atoms with van der Waals surface area (Å²) >= 11 is 13.5. The van der Waals surface area contributed by atoms with Gasteiger partial charge < -0.3 is 11.1 Å². The largest absolute Gasteiger partial charge is 0.399 e. The first-order valence-electron chi connectivity index (χ1n) is 5.39. The highest BCUT2D eigenvalue weighted by molar-refractivity contribution is 9.11. The van der Waals surface area contributed by atoms with Gasteiger partial charge >= 0.3 is 0 Å². The molecule has 0 fully saturated rings. The highest BCUT2D eigenvalue weighted by atomic mass is 79.9. The summed E-state index contributed by atoms with van der Waals surface area (Å²) in [6, 6.07) is 8.79. The zero-order chi connectivity index (χ0) is 14.9. The van der Waals surface area contributed by atoms with Gasteiger partial charge in [-0.2, -0.15) is 0 Å². The fraction of sp³-hybridized carbons (Fsp3) is 0. The number of nitrogens with one attached hydrogen (secondary N) is 1. The van der Waals surface area contributed by atoms with Crippen molar-refractivity contribution in [3.8, 4) is 0 Å². The van der Waals surface area contributed by atoms with Gasteiger partial charge in [-0.25, -0.2) is 0 Å². The van der Waals surface area contributed by atoms with E-state index in [-0.39, 0.29) is 5.91 Å². The van der Waals surface area contributed by atoms with Gasteiger partial charge in [0.2, 0.25) is 0 Å². The van der Waals surface area contributed by atoms with Crippen LogP contribution in [0.1, 0.15) is 10.4 Å². The first-order valence-corrected chi connectivity index (χ1v) is 8.56. The molecule has 104 valence electrons. The summed E-state index contributed by atoms with van der Waals surface area (Å²) in [7, 11) is 0. The molecule has 0 aliphatic heterocycles. The maximum atomic E-state index is 12.3. The molecule has 0 saturated carbocycles. The van der Waals surface area contributed by atoms with E-state index in [1.807, 2.05) is 12.1 Å². The molecule has 1 amide bonds. The van der Waals surface area contributed by atoms with E-state index in [2.05, 4.69) is 69.0 Å². The molecular weight excluding hydrogens is 520 g/mol. The van der Waals surface area contributed by atoms with Crippen LogP contribution in [-0.4, -0.2) is 5.91 Å². The fourth-order valence-corrected chi connectivity index (χ4v) is 4.56. The van der Waals surface area contributed by atoms with Crippen molar-refractivity contribution < 1.29 is 4.79 Å². The number of nitrogens with two attached hydrogens (primary N) is 1. The molecule has 20 heavy (non-hydrogen) atoms. The Morgan fingerprint density at radius 2 is 1.45 bits per heavy atom. The molecule has 0 bridgehead atoms. The quantitative estimate of drug-likeness (QED) is 0.502. The maximum absolute atomic E-state index is 12.3. The zero-order valence-electron chi connectivity index (χ0n) is 9.88. The predicted octanol–water partition coefficient (Wildman–Crippen LogP) is 5.57. The number of hydrogen-bond donors (Lipinski definition) is 2. The normalized spacial score (nSPS) is 10.4. The Labute approximate surface area is 149 Å². The van der Waals surface area contributed by atoms with Crippen molar-refractivity contribution in [3.05, 3.63) is 53.8 Å². The molecule has 0 unspecified atom stereocenters. The molecule has 0 aromatic heterocycles. The summed E-state index contributed by atoms with van der Waals surface area (Å²) in [6.45, 7) is 0. The summed E-state index contributed by atoms with van der Waals surface area (Å²) in [5.74, 6) is -0.235. The minimum Gasteiger partial charge on any atom is -0.399 e. The van der Waals surface area contributed by atoms with Crippen LogP contribution in [0.4, 0.5) is 11.4 Å². The second-order valence-electron chi connectivity index (χ2n) is 3.97. The van der Waals surface area contributed by atoms with Crippen molar-refractivity contribution in [2.24, 2.45) is 0 Å². The highest BCUT2D eigenvalue weighted by Crippen LogP contribution is 2.34. The molecule has 0 aliphatic rings. The molecule has 2 aromatic carbocycles. The van der Waals surface area contributed by atoms with Crippen LogP contribution in [0.3, 0.4) is 0 Å².